The summed E-state index contributed by atoms with van der Waals surface area (Å²) in [7, 11) is 4.03. The normalized spacial score (nSPS) is 21.0. The smallest absolute Gasteiger partial charge is 0.0462 e. The summed E-state index contributed by atoms with van der Waals surface area (Å²) < 4.78 is 5.16. The number of hydrogen-bond donors (Lipinski definition) is 0. The lowest BCUT2D eigenvalue weighted by Crippen LogP contribution is -2.35. The summed E-state index contributed by atoms with van der Waals surface area (Å²) in [4.78, 5) is 2.48. The van der Waals surface area contributed by atoms with Crippen LogP contribution in [0.25, 0.3) is 0 Å². The molecule has 1 aromatic carbocycles. The minimum Gasteiger partial charge on any atom is -0.385 e. The molecule has 2 nitrogen and oxygen atoms in total. The van der Waals surface area contributed by atoms with E-state index in [2.05, 4.69) is 30.1 Å². The Kier molecular flexibility index (Phi) is 7.71. The Hall–Kier alpha value is -0.570. The molecular formula is C19H30ClNO. The maximum atomic E-state index is 6.23. The van der Waals surface area contributed by atoms with E-state index in [0.717, 1.165) is 17.5 Å². The Bertz CT molecular complexity index is 437. The van der Waals surface area contributed by atoms with Crippen LogP contribution >= 0.6 is 11.6 Å². The van der Waals surface area contributed by atoms with E-state index in [4.69, 9.17) is 16.3 Å². The first-order valence-corrected chi connectivity index (χ1v) is 9.01. The van der Waals surface area contributed by atoms with Gasteiger partial charge in [0.2, 0.25) is 0 Å². The third kappa shape index (κ3) is 5.57. The van der Waals surface area contributed by atoms with E-state index in [-0.39, 0.29) is 0 Å². The zero-order valence-corrected chi connectivity index (χ0v) is 14.8. The Labute approximate surface area is 140 Å². The summed E-state index contributed by atoms with van der Waals surface area (Å²) >= 11 is 6.23. The van der Waals surface area contributed by atoms with Crippen LogP contribution in [-0.4, -0.2) is 38.8 Å². The first kappa shape index (κ1) is 17.8. The number of piperidine rings is 1. The molecule has 124 valence electrons. The van der Waals surface area contributed by atoms with Crippen molar-refractivity contribution in [1.29, 1.82) is 0 Å². The van der Waals surface area contributed by atoms with Crippen LogP contribution in [0.1, 0.15) is 50.0 Å². The molecule has 0 aromatic heterocycles. The lowest BCUT2D eigenvalue weighted by atomic mass is 9.78. The first-order chi connectivity index (χ1) is 10.7. The minimum absolute atomic E-state index is 0.643. The fourth-order valence-electron chi connectivity index (χ4n) is 3.73. The van der Waals surface area contributed by atoms with E-state index in [1.807, 2.05) is 6.07 Å². The van der Waals surface area contributed by atoms with Crippen LogP contribution in [0.2, 0.25) is 5.02 Å². The molecule has 3 heteroatoms. The molecule has 1 aromatic rings. The Balaban J connectivity index is 2.00. The topological polar surface area (TPSA) is 12.5 Å². The van der Waals surface area contributed by atoms with E-state index >= 15 is 0 Å². The number of methoxy groups -OCH3 is 1. The van der Waals surface area contributed by atoms with Gasteiger partial charge in [0.05, 0.1) is 0 Å². The predicted molar refractivity (Wildman–Crippen MR) is 94.8 cm³/mol. The summed E-state index contributed by atoms with van der Waals surface area (Å²) in [6.07, 6.45) is 7.64. The minimum atomic E-state index is 0.643. The fraction of sp³-hybridized carbons (Fsp3) is 0.684. The molecule has 0 amide bonds. The van der Waals surface area contributed by atoms with Crippen molar-refractivity contribution in [1.82, 2.24) is 4.90 Å². The lowest BCUT2D eigenvalue weighted by Gasteiger charge is -2.35. The highest BCUT2D eigenvalue weighted by atomic mass is 35.5. The molecule has 0 bridgehead atoms. The molecule has 0 spiro atoms. The van der Waals surface area contributed by atoms with Gasteiger partial charge < -0.3 is 9.64 Å². The van der Waals surface area contributed by atoms with Gasteiger partial charge in [0.25, 0.3) is 0 Å². The van der Waals surface area contributed by atoms with E-state index in [1.54, 1.807) is 7.11 Å². The second-order valence-corrected chi connectivity index (χ2v) is 7.10. The van der Waals surface area contributed by atoms with Crippen molar-refractivity contribution in [3.63, 3.8) is 0 Å². The van der Waals surface area contributed by atoms with Gasteiger partial charge in [-0.2, -0.15) is 0 Å². The lowest BCUT2D eigenvalue weighted by molar-refractivity contribution is 0.177. The van der Waals surface area contributed by atoms with Crippen LogP contribution < -0.4 is 0 Å². The van der Waals surface area contributed by atoms with E-state index in [1.165, 1.54) is 57.2 Å². The number of nitrogens with zero attached hydrogens (tertiary/aromatic N) is 1. The molecule has 1 fully saturated rings. The summed E-state index contributed by atoms with van der Waals surface area (Å²) in [6.45, 7) is 3.34. The van der Waals surface area contributed by atoms with Crippen molar-refractivity contribution in [2.45, 2.75) is 44.4 Å². The number of halogens is 1. The molecule has 0 radical (unpaired) electrons. The van der Waals surface area contributed by atoms with Gasteiger partial charge in [0.1, 0.15) is 0 Å². The molecule has 0 N–H and O–H groups in total. The molecule has 2 rings (SSSR count). The van der Waals surface area contributed by atoms with Gasteiger partial charge in [0, 0.05) is 25.3 Å². The SMILES string of the molecule is COCCCCCC(c1cccc(Cl)c1)C1CCCN(C)C1. The maximum absolute atomic E-state index is 6.23. The first-order valence-electron chi connectivity index (χ1n) is 8.63. The standard InChI is InChI=1S/C19H30ClNO/c1-21-12-7-9-17(15-21)19(11-4-3-5-13-22-2)16-8-6-10-18(20)14-16/h6,8,10,14,17,19H,3-5,7,9,11-13,15H2,1-2H3. The van der Waals surface area contributed by atoms with Crippen LogP contribution in [0.15, 0.2) is 24.3 Å². The molecule has 2 atom stereocenters. The molecule has 1 saturated heterocycles. The Morgan fingerprint density at radius 1 is 1.32 bits per heavy atom. The summed E-state index contributed by atoms with van der Waals surface area (Å²) in [5.74, 6) is 1.41. The molecule has 1 aliphatic heterocycles. The predicted octanol–water partition coefficient (Wildman–Crippen LogP) is 4.97. The summed E-state index contributed by atoms with van der Waals surface area (Å²) in [5.41, 5.74) is 1.43. The van der Waals surface area contributed by atoms with Crippen LogP contribution in [-0.2, 0) is 4.74 Å². The average molecular weight is 324 g/mol. The number of benzene rings is 1. The largest absolute Gasteiger partial charge is 0.385 e. The maximum Gasteiger partial charge on any atom is 0.0462 e. The molecule has 2 unspecified atom stereocenters. The van der Waals surface area contributed by atoms with E-state index < -0.39 is 0 Å². The van der Waals surface area contributed by atoms with Crippen LogP contribution in [0, 0.1) is 5.92 Å². The van der Waals surface area contributed by atoms with Gasteiger partial charge in [0.15, 0.2) is 0 Å². The van der Waals surface area contributed by atoms with Crippen molar-refractivity contribution in [2.24, 2.45) is 5.92 Å². The van der Waals surface area contributed by atoms with Gasteiger partial charge in [-0.3, -0.25) is 0 Å². The Morgan fingerprint density at radius 3 is 2.91 bits per heavy atom. The highest BCUT2D eigenvalue weighted by Gasteiger charge is 2.26. The number of unbranched alkanes of at least 4 members (excludes halogenated alkanes) is 2. The highest BCUT2D eigenvalue weighted by molar-refractivity contribution is 6.30. The van der Waals surface area contributed by atoms with Crippen molar-refractivity contribution in [3.8, 4) is 0 Å². The monoisotopic (exact) mass is 323 g/mol. The fourth-order valence-corrected chi connectivity index (χ4v) is 3.93. The zero-order valence-electron chi connectivity index (χ0n) is 14.1. The molecule has 0 saturated carbocycles. The van der Waals surface area contributed by atoms with Crippen LogP contribution in [0.5, 0.6) is 0 Å². The summed E-state index contributed by atoms with van der Waals surface area (Å²) in [5, 5.41) is 0.867. The average Bonchev–Trinajstić information content (AvgIpc) is 2.51. The van der Waals surface area contributed by atoms with E-state index in [0.29, 0.717) is 5.92 Å². The van der Waals surface area contributed by atoms with Crippen molar-refractivity contribution >= 4 is 11.6 Å². The van der Waals surface area contributed by atoms with Crippen molar-refractivity contribution in [2.75, 3.05) is 33.9 Å². The number of hydrogen-bond acceptors (Lipinski definition) is 2. The molecule has 0 aliphatic carbocycles. The molecular weight excluding hydrogens is 294 g/mol. The van der Waals surface area contributed by atoms with Crippen molar-refractivity contribution in [3.05, 3.63) is 34.9 Å². The van der Waals surface area contributed by atoms with Gasteiger partial charge in [-0.25, -0.2) is 0 Å². The highest BCUT2D eigenvalue weighted by Crippen LogP contribution is 2.36. The van der Waals surface area contributed by atoms with Gasteiger partial charge >= 0.3 is 0 Å². The second kappa shape index (κ2) is 9.54. The van der Waals surface area contributed by atoms with Crippen LogP contribution in [0.4, 0.5) is 0 Å². The zero-order chi connectivity index (χ0) is 15.8. The number of ether oxygens (including phenoxy) is 1. The Morgan fingerprint density at radius 2 is 2.18 bits per heavy atom. The summed E-state index contributed by atoms with van der Waals surface area (Å²) in [6, 6.07) is 8.52. The molecule has 1 heterocycles. The van der Waals surface area contributed by atoms with Gasteiger partial charge in [-0.1, -0.05) is 36.6 Å². The third-order valence-electron chi connectivity index (χ3n) is 4.87. The van der Waals surface area contributed by atoms with Crippen molar-refractivity contribution < 1.29 is 4.74 Å². The van der Waals surface area contributed by atoms with Gasteiger partial charge in [-0.15, -0.1) is 0 Å². The number of rotatable bonds is 8. The molecule has 22 heavy (non-hydrogen) atoms. The second-order valence-electron chi connectivity index (χ2n) is 6.67. The third-order valence-corrected chi connectivity index (χ3v) is 5.11. The van der Waals surface area contributed by atoms with Crippen LogP contribution in [0.3, 0.4) is 0 Å². The molecule has 1 aliphatic rings. The quantitative estimate of drug-likeness (QED) is 0.626. The number of likely N-dealkylation sites (tertiary alicyclic amines) is 1. The van der Waals surface area contributed by atoms with E-state index in [9.17, 15) is 0 Å². The van der Waals surface area contributed by atoms with Gasteiger partial charge in [-0.05, 0) is 68.8 Å².